The first kappa shape index (κ1) is 15.7. The molecule has 0 amide bonds. The number of rotatable bonds is 6. The maximum atomic E-state index is 12.2. The third kappa shape index (κ3) is 3.89. The summed E-state index contributed by atoms with van der Waals surface area (Å²) in [6, 6.07) is 3.90. The molecule has 0 aromatic carbocycles. The molecule has 1 unspecified atom stereocenters. The molecule has 1 atom stereocenters. The predicted octanol–water partition coefficient (Wildman–Crippen LogP) is 2.22. The van der Waals surface area contributed by atoms with Crippen LogP contribution >= 0.6 is 15.9 Å². The van der Waals surface area contributed by atoms with Gasteiger partial charge in [0.25, 0.3) is 5.56 Å². The SMILES string of the molecule is COCCn1ncc(NC(C)c2ccncc2)c(Br)c1=O. The monoisotopic (exact) mass is 352 g/mol. The lowest BCUT2D eigenvalue weighted by Crippen LogP contribution is -2.26. The van der Waals surface area contributed by atoms with E-state index in [4.69, 9.17) is 4.74 Å². The van der Waals surface area contributed by atoms with Gasteiger partial charge in [-0.3, -0.25) is 9.78 Å². The quantitative estimate of drug-likeness (QED) is 0.863. The minimum Gasteiger partial charge on any atom is -0.383 e. The number of anilines is 1. The molecule has 2 aromatic heterocycles. The highest BCUT2D eigenvalue weighted by Crippen LogP contribution is 2.22. The average molecular weight is 353 g/mol. The molecule has 2 rings (SSSR count). The largest absolute Gasteiger partial charge is 0.383 e. The fourth-order valence-electron chi connectivity index (χ4n) is 1.87. The highest BCUT2D eigenvalue weighted by Gasteiger charge is 2.12. The number of methoxy groups -OCH3 is 1. The molecular weight excluding hydrogens is 336 g/mol. The van der Waals surface area contributed by atoms with E-state index in [-0.39, 0.29) is 11.6 Å². The van der Waals surface area contributed by atoms with Gasteiger partial charge in [0.1, 0.15) is 4.47 Å². The third-order valence-corrected chi connectivity index (χ3v) is 3.84. The van der Waals surface area contributed by atoms with Crippen LogP contribution in [0.2, 0.25) is 0 Å². The van der Waals surface area contributed by atoms with E-state index >= 15 is 0 Å². The normalized spacial score (nSPS) is 12.1. The van der Waals surface area contributed by atoms with E-state index in [1.54, 1.807) is 25.7 Å². The van der Waals surface area contributed by atoms with Crippen LogP contribution < -0.4 is 10.9 Å². The number of hydrogen-bond donors (Lipinski definition) is 1. The standard InChI is InChI=1S/C14H17BrN4O2/c1-10(11-3-5-16-6-4-11)18-12-9-17-19(7-8-21-2)14(20)13(12)15/h3-6,9-10,18H,7-8H2,1-2H3. The minimum atomic E-state index is -0.182. The molecule has 1 N–H and O–H groups in total. The zero-order valence-corrected chi connectivity index (χ0v) is 13.5. The second-order valence-electron chi connectivity index (χ2n) is 4.54. The molecule has 0 spiro atoms. The Morgan fingerprint density at radius 1 is 1.43 bits per heavy atom. The summed E-state index contributed by atoms with van der Waals surface area (Å²) in [6.07, 6.45) is 5.12. The summed E-state index contributed by atoms with van der Waals surface area (Å²) in [6.45, 7) is 2.88. The summed E-state index contributed by atoms with van der Waals surface area (Å²) in [5, 5.41) is 7.41. The summed E-state index contributed by atoms with van der Waals surface area (Å²) < 4.78 is 6.79. The van der Waals surface area contributed by atoms with Crippen molar-refractivity contribution in [1.29, 1.82) is 0 Å². The van der Waals surface area contributed by atoms with Crippen molar-refractivity contribution < 1.29 is 4.74 Å². The van der Waals surface area contributed by atoms with Gasteiger partial charge in [0.05, 0.1) is 25.0 Å². The number of aromatic nitrogens is 3. The molecule has 7 heteroatoms. The molecule has 0 aliphatic carbocycles. The van der Waals surface area contributed by atoms with E-state index in [9.17, 15) is 4.79 Å². The van der Waals surface area contributed by atoms with Gasteiger partial charge in [-0.05, 0) is 40.5 Å². The Kier molecular flexibility index (Phi) is 5.46. The number of nitrogens with zero attached hydrogens (tertiary/aromatic N) is 3. The summed E-state index contributed by atoms with van der Waals surface area (Å²) in [5.74, 6) is 0. The summed E-state index contributed by atoms with van der Waals surface area (Å²) >= 11 is 3.34. The van der Waals surface area contributed by atoms with Crippen molar-refractivity contribution in [1.82, 2.24) is 14.8 Å². The lowest BCUT2D eigenvalue weighted by atomic mass is 10.1. The fraction of sp³-hybridized carbons (Fsp3) is 0.357. The van der Waals surface area contributed by atoms with Gasteiger partial charge >= 0.3 is 0 Å². The Hall–Kier alpha value is -1.73. The van der Waals surface area contributed by atoms with E-state index < -0.39 is 0 Å². The van der Waals surface area contributed by atoms with Crippen LogP contribution in [-0.4, -0.2) is 28.5 Å². The van der Waals surface area contributed by atoms with Gasteiger partial charge < -0.3 is 10.1 Å². The van der Waals surface area contributed by atoms with E-state index in [1.165, 1.54) is 4.68 Å². The van der Waals surface area contributed by atoms with Crippen molar-refractivity contribution in [3.8, 4) is 0 Å². The lowest BCUT2D eigenvalue weighted by Gasteiger charge is -2.16. The molecule has 0 radical (unpaired) electrons. The maximum Gasteiger partial charge on any atom is 0.283 e. The van der Waals surface area contributed by atoms with E-state index in [0.717, 1.165) is 5.56 Å². The molecule has 0 fully saturated rings. The summed E-state index contributed by atoms with van der Waals surface area (Å²) in [4.78, 5) is 16.2. The third-order valence-electron chi connectivity index (χ3n) is 3.07. The smallest absolute Gasteiger partial charge is 0.283 e. The first-order valence-electron chi connectivity index (χ1n) is 6.54. The molecule has 2 heterocycles. The second-order valence-corrected chi connectivity index (χ2v) is 5.33. The van der Waals surface area contributed by atoms with E-state index in [0.29, 0.717) is 23.3 Å². The minimum absolute atomic E-state index is 0.0420. The molecule has 0 saturated carbocycles. The van der Waals surface area contributed by atoms with Gasteiger partial charge in [-0.15, -0.1) is 0 Å². The molecule has 6 nitrogen and oxygen atoms in total. The van der Waals surface area contributed by atoms with Crippen LogP contribution in [-0.2, 0) is 11.3 Å². The van der Waals surface area contributed by atoms with Gasteiger partial charge in [0.15, 0.2) is 0 Å². The zero-order valence-electron chi connectivity index (χ0n) is 11.9. The number of pyridine rings is 1. The van der Waals surface area contributed by atoms with E-state index in [1.807, 2.05) is 19.1 Å². The first-order chi connectivity index (χ1) is 10.1. The van der Waals surface area contributed by atoms with Gasteiger partial charge in [-0.1, -0.05) is 0 Å². The molecule has 0 aliphatic heterocycles. The van der Waals surface area contributed by atoms with Crippen LogP contribution in [0.15, 0.2) is 40.0 Å². The van der Waals surface area contributed by atoms with Gasteiger partial charge in [0, 0.05) is 25.5 Å². The molecule has 21 heavy (non-hydrogen) atoms. The molecule has 0 saturated heterocycles. The topological polar surface area (TPSA) is 69.0 Å². The number of hydrogen-bond acceptors (Lipinski definition) is 5. The Morgan fingerprint density at radius 2 is 2.14 bits per heavy atom. The Morgan fingerprint density at radius 3 is 2.81 bits per heavy atom. The van der Waals surface area contributed by atoms with Crippen LogP contribution in [0, 0.1) is 0 Å². The van der Waals surface area contributed by atoms with Crippen LogP contribution in [0.5, 0.6) is 0 Å². The Bertz CT molecular complexity index is 645. The van der Waals surface area contributed by atoms with E-state index in [2.05, 4.69) is 31.3 Å². The highest BCUT2D eigenvalue weighted by molar-refractivity contribution is 9.10. The first-order valence-corrected chi connectivity index (χ1v) is 7.33. The zero-order chi connectivity index (χ0) is 15.2. The van der Waals surface area contributed by atoms with Crippen molar-refractivity contribution in [2.75, 3.05) is 19.0 Å². The molecular formula is C14H17BrN4O2. The van der Waals surface area contributed by atoms with Crippen LogP contribution in [0.25, 0.3) is 0 Å². The van der Waals surface area contributed by atoms with Crippen molar-refractivity contribution in [2.45, 2.75) is 19.5 Å². The maximum absolute atomic E-state index is 12.2. The molecule has 0 bridgehead atoms. The number of ether oxygens (including phenoxy) is 1. The van der Waals surface area contributed by atoms with Crippen LogP contribution in [0.1, 0.15) is 18.5 Å². The Labute approximate surface area is 131 Å². The predicted molar refractivity (Wildman–Crippen MR) is 84.3 cm³/mol. The van der Waals surface area contributed by atoms with Gasteiger partial charge in [0.2, 0.25) is 0 Å². The average Bonchev–Trinajstić information content (AvgIpc) is 2.52. The van der Waals surface area contributed by atoms with Gasteiger partial charge in [-0.25, -0.2) is 4.68 Å². The number of nitrogens with one attached hydrogen (secondary N) is 1. The van der Waals surface area contributed by atoms with Gasteiger partial charge in [-0.2, -0.15) is 5.10 Å². The van der Waals surface area contributed by atoms with Crippen molar-refractivity contribution in [2.24, 2.45) is 0 Å². The Balaban J connectivity index is 2.18. The van der Waals surface area contributed by atoms with Crippen LogP contribution in [0.3, 0.4) is 0 Å². The van der Waals surface area contributed by atoms with Crippen molar-refractivity contribution in [3.63, 3.8) is 0 Å². The molecule has 2 aromatic rings. The molecule has 112 valence electrons. The fourth-order valence-corrected chi connectivity index (χ4v) is 2.29. The second kappa shape index (κ2) is 7.33. The highest BCUT2D eigenvalue weighted by atomic mass is 79.9. The number of halogens is 1. The lowest BCUT2D eigenvalue weighted by molar-refractivity contribution is 0.181. The molecule has 0 aliphatic rings. The summed E-state index contributed by atoms with van der Waals surface area (Å²) in [5.41, 5.74) is 1.57. The van der Waals surface area contributed by atoms with Crippen molar-refractivity contribution in [3.05, 3.63) is 51.1 Å². The van der Waals surface area contributed by atoms with Crippen molar-refractivity contribution >= 4 is 21.6 Å². The van der Waals surface area contributed by atoms with Crippen LogP contribution in [0.4, 0.5) is 5.69 Å². The summed E-state index contributed by atoms with van der Waals surface area (Å²) in [7, 11) is 1.59.